The van der Waals surface area contributed by atoms with Gasteiger partial charge in [0.25, 0.3) is 0 Å². The second-order valence-corrected chi connectivity index (χ2v) is 2.33. The molecule has 0 aromatic carbocycles. The highest BCUT2D eigenvalue weighted by Gasteiger charge is 2.31. The van der Waals surface area contributed by atoms with E-state index in [1.807, 2.05) is 0 Å². The van der Waals surface area contributed by atoms with Crippen LogP contribution in [0.3, 0.4) is 0 Å². The van der Waals surface area contributed by atoms with Crippen molar-refractivity contribution in [3.05, 3.63) is 0 Å². The molecule has 0 radical (unpaired) electrons. The molecule has 3 heteroatoms. The summed E-state index contributed by atoms with van der Waals surface area (Å²) in [5, 5.41) is 17.2. The van der Waals surface area contributed by atoms with Crippen molar-refractivity contribution in [2.24, 2.45) is 5.92 Å². The van der Waals surface area contributed by atoms with Crippen molar-refractivity contribution in [1.82, 2.24) is 0 Å². The SMILES string of the molecule is OCCC(CO)C1CO1. The predicted molar refractivity (Wildman–Crippen MR) is 32.0 cm³/mol. The first-order valence-electron chi connectivity index (χ1n) is 3.21. The molecule has 0 aliphatic carbocycles. The molecular formula is C6H12O3. The van der Waals surface area contributed by atoms with Crippen LogP contribution in [0.25, 0.3) is 0 Å². The van der Waals surface area contributed by atoms with Gasteiger partial charge in [-0.2, -0.15) is 0 Å². The Morgan fingerprint density at radius 3 is 2.56 bits per heavy atom. The van der Waals surface area contributed by atoms with E-state index < -0.39 is 0 Å². The molecule has 3 nitrogen and oxygen atoms in total. The van der Waals surface area contributed by atoms with Gasteiger partial charge in [0.2, 0.25) is 0 Å². The van der Waals surface area contributed by atoms with Gasteiger partial charge in [0.15, 0.2) is 0 Å². The van der Waals surface area contributed by atoms with Gasteiger partial charge in [-0.1, -0.05) is 0 Å². The first-order chi connectivity index (χ1) is 4.38. The van der Waals surface area contributed by atoms with Crippen molar-refractivity contribution < 1.29 is 14.9 Å². The molecule has 1 rings (SSSR count). The van der Waals surface area contributed by atoms with E-state index in [4.69, 9.17) is 14.9 Å². The zero-order valence-electron chi connectivity index (χ0n) is 5.29. The lowest BCUT2D eigenvalue weighted by atomic mass is 10.0. The van der Waals surface area contributed by atoms with E-state index >= 15 is 0 Å². The summed E-state index contributed by atoms with van der Waals surface area (Å²) in [7, 11) is 0. The molecule has 1 heterocycles. The number of rotatable bonds is 4. The zero-order chi connectivity index (χ0) is 6.69. The molecule has 0 bridgehead atoms. The molecule has 0 aromatic heterocycles. The average Bonchev–Trinajstić information content (AvgIpc) is 2.64. The Balaban J connectivity index is 2.12. The summed E-state index contributed by atoms with van der Waals surface area (Å²) in [5.74, 6) is 0.162. The molecule has 1 aliphatic rings. The Morgan fingerprint density at radius 2 is 2.22 bits per heavy atom. The maximum absolute atomic E-state index is 8.68. The van der Waals surface area contributed by atoms with E-state index in [9.17, 15) is 0 Å². The summed E-state index contributed by atoms with van der Waals surface area (Å²) in [4.78, 5) is 0. The third-order valence-electron chi connectivity index (χ3n) is 1.62. The zero-order valence-corrected chi connectivity index (χ0v) is 5.29. The number of epoxide rings is 1. The molecule has 9 heavy (non-hydrogen) atoms. The molecule has 2 N–H and O–H groups in total. The van der Waals surface area contributed by atoms with Crippen molar-refractivity contribution in [3.8, 4) is 0 Å². The number of hydrogen-bond acceptors (Lipinski definition) is 3. The minimum Gasteiger partial charge on any atom is -0.396 e. The predicted octanol–water partition coefficient (Wildman–Crippen LogP) is -0.624. The monoisotopic (exact) mass is 132 g/mol. The molecule has 1 saturated heterocycles. The van der Waals surface area contributed by atoms with E-state index in [2.05, 4.69) is 0 Å². The topological polar surface area (TPSA) is 53.0 Å². The van der Waals surface area contributed by atoms with E-state index in [1.165, 1.54) is 0 Å². The maximum Gasteiger partial charge on any atom is 0.0860 e. The van der Waals surface area contributed by atoms with Gasteiger partial charge in [0.05, 0.1) is 12.7 Å². The molecular weight excluding hydrogens is 120 g/mol. The summed E-state index contributed by atoms with van der Waals surface area (Å²) in [5.41, 5.74) is 0. The van der Waals surface area contributed by atoms with E-state index in [-0.39, 0.29) is 25.2 Å². The summed E-state index contributed by atoms with van der Waals surface area (Å²) in [6.07, 6.45) is 0.878. The van der Waals surface area contributed by atoms with Crippen LogP contribution in [-0.2, 0) is 4.74 Å². The number of aliphatic hydroxyl groups is 2. The minimum atomic E-state index is 0.130. The smallest absolute Gasteiger partial charge is 0.0860 e. The maximum atomic E-state index is 8.68. The summed E-state index contributed by atoms with van der Waals surface area (Å²) >= 11 is 0. The van der Waals surface area contributed by atoms with Gasteiger partial charge in [0.1, 0.15) is 0 Å². The Kier molecular flexibility index (Phi) is 2.45. The first kappa shape index (κ1) is 6.99. The highest BCUT2D eigenvalue weighted by molar-refractivity contribution is 4.77. The molecule has 0 spiro atoms. The van der Waals surface area contributed by atoms with Crippen LogP contribution in [0.5, 0.6) is 0 Å². The van der Waals surface area contributed by atoms with Crippen LogP contribution in [0.1, 0.15) is 6.42 Å². The molecule has 1 fully saturated rings. The van der Waals surface area contributed by atoms with E-state index in [1.54, 1.807) is 0 Å². The van der Waals surface area contributed by atoms with Gasteiger partial charge in [-0.15, -0.1) is 0 Å². The third-order valence-corrected chi connectivity index (χ3v) is 1.62. The summed E-state index contributed by atoms with van der Waals surface area (Å²) in [6.45, 7) is 1.03. The molecule has 2 unspecified atom stereocenters. The summed E-state index contributed by atoms with van der Waals surface area (Å²) < 4.78 is 4.94. The van der Waals surface area contributed by atoms with E-state index in [0.717, 1.165) is 6.61 Å². The molecule has 0 aromatic rings. The second-order valence-electron chi connectivity index (χ2n) is 2.33. The van der Waals surface area contributed by atoms with Gasteiger partial charge in [-0.3, -0.25) is 0 Å². The van der Waals surface area contributed by atoms with Crippen molar-refractivity contribution >= 4 is 0 Å². The van der Waals surface area contributed by atoms with Gasteiger partial charge in [0, 0.05) is 19.1 Å². The molecule has 0 saturated carbocycles. The third kappa shape index (κ3) is 1.93. The highest BCUT2D eigenvalue weighted by Crippen LogP contribution is 2.21. The molecule has 2 atom stereocenters. The average molecular weight is 132 g/mol. The van der Waals surface area contributed by atoms with Crippen LogP contribution in [0.2, 0.25) is 0 Å². The van der Waals surface area contributed by atoms with Gasteiger partial charge < -0.3 is 14.9 Å². The van der Waals surface area contributed by atoms with Crippen LogP contribution >= 0.6 is 0 Å². The fourth-order valence-corrected chi connectivity index (χ4v) is 0.888. The Morgan fingerprint density at radius 1 is 1.56 bits per heavy atom. The number of ether oxygens (including phenoxy) is 1. The lowest BCUT2D eigenvalue weighted by molar-refractivity contribution is 0.157. The van der Waals surface area contributed by atoms with Crippen LogP contribution in [0.4, 0.5) is 0 Å². The highest BCUT2D eigenvalue weighted by atomic mass is 16.6. The lowest BCUT2D eigenvalue weighted by Crippen LogP contribution is -2.14. The standard InChI is InChI=1S/C6H12O3/c7-2-1-5(3-8)6-4-9-6/h5-8H,1-4H2. The van der Waals surface area contributed by atoms with Crippen LogP contribution in [0.15, 0.2) is 0 Å². The second kappa shape index (κ2) is 3.15. The Bertz CT molecular complexity index is 80.4. The molecule has 1 aliphatic heterocycles. The van der Waals surface area contributed by atoms with Gasteiger partial charge in [-0.25, -0.2) is 0 Å². The number of hydrogen-bond donors (Lipinski definition) is 2. The molecule has 0 amide bonds. The fraction of sp³-hybridized carbons (Fsp3) is 1.00. The van der Waals surface area contributed by atoms with Gasteiger partial charge >= 0.3 is 0 Å². The minimum absolute atomic E-state index is 0.130. The van der Waals surface area contributed by atoms with Gasteiger partial charge in [-0.05, 0) is 6.42 Å². The van der Waals surface area contributed by atoms with Crippen molar-refractivity contribution in [3.63, 3.8) is 0 Å². The quantitative estimate of drug-likeness (QED) is 0.501. The largest absolute Gasteiger partial charge is 0.396 e. The van der Waals surface area contributed by atoms with Crippen LogP contribution in [0, 0.1) is 5.92 Å². The van der Waals surface area contributed by atoms with E-state index in [0.29, 0.717) is 6.42 Å². The Labute approximate surface area is 54.3 Å². The van der Waals surface area contributed by atoms with Crippen molar-refractivity contribution in [2.75, 3.05) is 19.8 Å². The Hall–Kier alpha value is -0.120. The summed E-state index contributed by atoms with van der Waals surface area (Å²) in [6, 6.07) is 0. The van der Waals surface area contributed by atoms with Crippen LogP contribution in [-0.4, -0.2) is 36.1 Å². The normalized spacial score (nSPS) is 28.0. The van der Waals surface area contributed by atoms with Crippen molar-refractivity contribution in [2.45, 2.75) is 12.5 Å². The molecule has 54 valence electrons. The first-order valence-corrected chi connectivity index (χ1v) is 3.21. The lowest BCUT2D eigenvalue weighted by Gasteiger charge is -2.06. The number of aliphatic hydroxyl groups excluding tert-OH is 2. The fourth-order valence-electron chi connectivity index (χ4n) is 0.888. The van der Waals surface area contributed by atoms with Crippen molar-refractivity contribution in [1.29, 1.82) is 0 Å². The van der Waals surface area contributed by atoms with Crippen LogP contribution < -0.4 is 0 Å².